The molecule has 6 nitrogen and oxygen atoms in total. The number of fused-ring (bicyclic) bond motifs is 1. The summed E-state index contributed by atoms with van der Waals surface area (Å²) in [4.78, 5) is 30.5. The number of rotatable bonds is 3. The number of aromatic amines is 1. The van der Waals surface area contributed by atoms with E-state index in [1.54, 1.807) is 36.4 Å². The molecular weight excluding hydrogens is 362 g/mol. The summed E-state index contributed by atoms with van der Waals surface area (Å²) in [6, 6.07) is 12.1. The zero-order valence-electron chi connectivity index (χ0n) is 12.6. The van der Waals surface area contributed by atoms with Gasteiger partial charge in [0.25, 0.3) is 5.91 Å². The number of H-pyrrole nitrogens is 1. The predicted octanol–water partition coefficient (Wildman–Crippen LogP) is 4.15. The summed E-state index contributed by atoms with van der Waals surface area (Å²) >= 11 is 7.32. The first kappa shape index (κ1) is 15.6. The predicted molar refractivity (Wildman–Crippen MR) is 97.3 cm³/mol. The van der Waals surface area contributed by atoms with Crippen LogP contribution in [0, 0.1) is 0 Å². The molecule has 4 rings (SSSR count). The average molecular weight is 372 g/mol. The number of carbonyl (C=O) groups excluding carboxylic acids is 1. The Morgan fingerprint density at radius 1 is 1.24 bits per heavy atom. The minimum atomic E-state index is -0.502. The Balaban J connectivity index is 1.60. The normalized spacial score (nSPS) is 10.9. The number of amides is 1. The summed E-state index contributed by atoms with van der Waals surface area (Å²) < 4.78 is 5.05. The number of hydrogen-bond donors (Lipinski definition) is 2. The van der Waals surface area contributed by atoms with Gasteiger partial charge in [0.2, 0.25) is 0 Å². The third-order valence-electron chi connectivity index (χ3n) is 3.56. The van der Waals surface area contributed by atoms with E-state index in [2.05, 4.69) is 15.3 Å². The van der Waals surface area contributed by atoms with Crippen LogP contribution in [-0.4, -0.2) is 15.9 Å². The maximum absolute atomic E-state index is 12.3. The highest BCUT2D eigenvalue weighted by Gasteiger charge is 2.13. The van der Waals surface area contributed by atoms with E-state index in [-0.39, 0.29) is 5.91 Å². The lowest BCUT2D eigenvalue weighted by atomic mass is 10.1. The van der Waals surface area contributed by atoms with E-state index in [4.69, 9.17) is 16.0 Å². The lowest BCUT2D eigenvalue weighted by Gasteiger charge is -2.03. The summed E-state index contributed by atoms with van der Waals surface area (Å²) in [6.07, 6.45) is 0. The summed E-state index contributed by atoms with van der Waals surface area (Å²) in [6.45, 7) is 0. The topological polar surface area (TPSA) is 88.0 Å². The molecule has 0 unspecified atom stereocenters. The summed E-state index contributed by atoms with van der Waals surface area (Å²) in [5.41, 5.74) is 2.92. The van der Waals surface area contributed by atoms with Crippen LogP contribution in [0.3, 0.4) is 0 Å². The van der Waals surface area contributed by atoms with Gasteiger partial charge in [0.1, 0.15) is 0 Å². The van der Waals surface area contributed by atoms with Crippen LogP contribution >= 0.6 is 22.9 Å². The van der Waals surface area contributed by atoms with E-state index >= 15 is 0 Å². The third kappa shape index (κ3) is 3.07. The lowest BCUT2D eigenvalue weighted by Crippen LogP contribution is -2.12. The number of benzene rings is 2. The lowest BCUT2D eigenvalue weighted by molar-refractivity contribution is 0.102. The number of thiazole rings is 1. The molecule has 2 N–H and O–H groups in total. The summed E-state index contributed by atoms with van der Waals surface area (Å²) in [5.74, 6) is -0.822. The molecule has 0 fully saturated rings. The van der Waals surface area contributed by atoms with Gasteiger partial charge in [0.15, 0.2) is 10.7 Å². The van der Waals surface area contributed by atoms with Gasteiger partial charge in [-0.25, -0.2) is 9.78 Å². The van der Waals surface area contributed by atoms with E-state index in [0.29, 0.717) is 32.5 Å². The van der Waals surface area contributed by atoms with Crippen molar-refractivity contribution in [2.45, 2.75) is 0 Å². The van der Waals surface area contributed by atoms with Crippen molar-refractivity contribution in [3.8, 4) is 11.3 Å². The molecule has 0 aliphatic rings. The molecule has 124 valence electrons. The average Bonchev–Trinajstić information content (AvgIpc) is 3.19. The van der Waals surface area contributed by atoms with Crippen LogP contribution in [0.5, 0.6) is 0 Å². The Morgan fingerprint density at radius 2 is 2.08 bits per heavy atom. The number of aromatic nitrogens is 2. The van der Waals surface area contributed by atoms with Gasteiger partial charge in [0, 0.05) is 10.9 Å². The van der Waals surface area contributed by atoms with E-state index in [9.17, 15) is 9.59 Å². The number of hydrogen-bond acceptors (Lipinski definition) is 5. The van der Waals surface area contributed by atoms with Gasteiger partial charge in [-0.1, -0.05) is 29.8 Å². The van der Waals surface area contributed by atoms with Gasteiger partial charge in [-0.05, 0) is 24.3 Å². The van der Waals surface area contributed by atoms with E-state index in [1.165, 1.54) is 11.3 Å². The van der Waals surface area contributed by atoms with Crippen LogP contribution in [0.25, 0.3) is 22.4 Å². The van der Waals surface area contributed by atoms with E-state index < -0.39 is 5.76 Å². The number of carbonyl (C=O) groups is 1. The van der Waals surface area contributed by atoms with Crippen molar-refractivity contribution < 1.29 is 9.21 Å². The monoisotopic (exact) mass is 371 g/mol. The van der Waals surface area contributed by atoms with Crippen molar-refractivity contribution in [1.82, 2.24) is 9.97 Å². The van der Waals surface area contributed by atoms with Crippen LogP contribution in [0.4, 0.5) is 5.13 Å². The van der Waals surface area contributed by atoms with Gasteiger partial charge in [-0.15, -0.1) is 11.3 Å². The second-order valence-electron chi connectivity index (χ2n) is 5.20. The van der Waals surface area contributed by atoms with Crippen molar-refractivity contribution in [3.05, 3.63) is 69.0 Å². The van der Waals surface area contributed by atoms with Gasteiger partial charge < -0.3 is 4.42 Å². The number of halogens is 1. The van der Waals surface area contributed by atoms with Crippen molar-refractivity contribution >= 4 is 45.1 Å². The Morgan fingerprint density at radius 3 is 2.92 bits per heavy atom. The van der Waals surface area contributed by atoms with Crippen molar-refractivity contribution in [2.75, 3.05) is 5.32 Å². The van der Waals surface area contributed by atoms with Gasteiger partial charge in [0.05, 0.1) is 21.8 Å². The molecule has 0 aliphatic heterocycles. The number of nitrogens with zero attached hydrogens (tertiary/aromatic N) is 1. The molecular formula is C17H10ClN3O3S. The molecule has 25 heavy (non-hydrogen) atoms. The SMILES string of the molecule is O=C(Nc1nc(-c2ccc3[nH]c(=O)oc3c2)cs1)c1ccccc1Cl. The highest BCUT2D eigenvalue weighted by atomic mass is 35.5. The first-order valence-corrected chi connectivity index (χ1v) is 8.50. The first-order valence-electron chi connectivity index (χ1n) is 7.25. The molecule has 0 spiro atoms. The van der Waals surface area contributed by atoms with E-state index in [0.717, 1.165) is 5.56 Å². The summed E-state index contributed by atoms with van der Waals surface area (Å²) in [5, 5.41) is 5.38. The Hall–Kier alpha value is -2.90. The fraction of sp³-hybridized carbons (Fsp3) is 0. The summed E-state index contributed by atoms with van der Waals surface area (Å²) in [7, 11) is 0. The van der Waals surface area contributed by atoms with Crippen LogP contribution in [0.2, 0.25) is 5.02 Å². The van der Waals surface area contributed by atoms with Gasteiger partial charge >= 0.3 is 5.76 Å². The molecule has 4 aromatic rings. The molecule has 2 heterocycles. The Kier molecular flexibility index (Phi) is 3.87. The number of oxazole rings is 1. The molecule has 8 heteroatoms. The van der Waals surface area contributed by atoms with E-state index in [1.807, 2.05) is 11.4 Å². The molecule has 0 atom stereocenters. The quantitative estimate of drug-likeness (QED) is 0.566. The molecule has 0 saturated heterocycles. The van der Waals surface area contributed by atoms with Gasteiger partial charge in [-0.2, -0.15) is 0 Å². The zero-order valence-corrected chi connectivity index (χ0v) is 14.1. The van der Waals surface area contributed by atoms with Crippen LogP contribution in [0.15, 0.2) is 57.1 Å². The number of anilines is 1. The first-order chi connectivity index (χ1) is 12.1. The maximum Gasteiger partial charge on any atom is 0.417 e. The van der Waals surface area contributed by atoms with Crippen molar-refractivity contribution in [2.24, 2.45) is 0 Å². The highest BCUT2D eigenvalue weighted by molar-refractivity contribution is 7.14. The van der Waals surface area contributed by atoms with Crippen LogP contribution in [-0.2, 0) is 0 Å². The molecule has 0 radical (unpaired) electrons. The highest BCUT2D eigenvalue weighted by Crippen LogP contribution is 2.27. The Bertz CT molecular complexity index is 1150. The smallest absolute Gasteiger partial charge is 0.408 e. The molecule has 0 bridgehead atoms. The molecule has 1 amide bonds. The molecule has 2 aromatic carbocycles. The fourth-order valence-corrected chi connectivity index (χ4v) is 3.31. The minimum absolute atomic E-state index is 0.321. The van der Waals surface area contributed by atoms with Crippen molar-refractivity contribution in [1.29, 1.82) is 0 Å². The molecule has 2 aromatic heterocycles. The second-order valence-corrected chi connectivity index (χ2v) is 6.46. The van der Waals surface area contributed by atoms with Gasteiger partial charge in [-0.3, -0.25) is 15.1 Å². The maximum atomic E-state index is 12.3. The van der Waals surface area contributed by atoms with Crippen LogP contribution < -0.4 is 11.1 Å². The number of nitrogens with one attached hydrogen (secondary N) is 2. The molecule has 0 aliphatic carbocycles. The van der Waals surface area contributed by atoms with Crippen LogP contribution in [0.1, 0.15) is 10.4 Å². The van der Waals surface area contributed by atoms with Crippen molar-refractivity contribution in [3.63, 3.8) is 0 Å². The minimum Gasteiger partial charge on any atom is -0.408 e. The largest absolute Gasteiger partial charge is 0.417 e. The standard InChI is InChI=1S/C17H10ClN3O3S/c18-11-4-2-1-3-10(11)15(22)21-16-19-13(8-25-16)9-5-6-12-14(7-9)24-17(23)20-12/h1-8H,(H,20,23)(H,19,21,22). The fourth-order valence-electron chi connectivity index (χ4n) is 2.38. The molecule has 0 saturated carbocycles. The zero-order chi connectivity index (χ0) is 17.4. The Labute approximate surface area is 150 Å². The third-order valence-corrected chi connectivity index (χ3v) is 4.65. The second kappa shape index (κ2) is 6.19.